The molecule has 0 bridgehead atoms. The van der Waals surface area contributed by atoms with Crippen LogP contribution in [0.4, 0.5) is 10.6 Å². The first-order chi connectivity index (χ1) is 19.0. The molecule has 11 heteroatoms. The highest BCUT2D eigenvalue weighted by molar-refractivity contribution is 5.89. The third-order valence-corrected chi connectivity index (χ3v) is 8.03. The molecule has 218 valence electrons. The van der Waals surface area contributed by atoms with Crippen LogP contribution in [0.2, 0.25) is 0 Å². The summed E-state index contributed by atoms with van der Waals surface area (Å²) in [4.78, 5) is 48.2. The maximum Gasteiger partial charge on any atom is 0.354 e. The summed E-state index contributed by atoms with van der Waals surface area (Å²) >= 11 is 0. The van der Waals surface area contributed by atoms with E-state index in [2.05, 4.69) is 22.1 Å². The van der Waals surface area contributed by atoms with E-state index in [-0.39, 0.29) is 23.8 Å². The van der Waals surface area contributed by atoms with E-state index < -0.39 is 11.2 Å². The van der Waals surface area contributed by atoms with E-state index in [1.807, 2.05) is 31.2 Å². The number of hydrogen-bond donors (Lipinski definition) is 3. The Kier molecular flexibility index (Phi) is 9.27. The monoisotopic (exact) mass is 552 g/mol. The Labute approximate surface area is 236 Å². The van der Waals surface area contributed by atoms with E-state index in [0.29, 0.717) is 37.4 Å². The van der Waals surface area contributed by atoms with E-state index in [9.17, 15) is 14.4 Å². The SMILES string of the molecule is CCN(Cc1ccc(-n2ccc(NC(=O)N3CCN(C(=O)C(C)(C)N)[C@H](C)C3)nc2=O)cc1)[C@H]1CC[C@H](N)CC1. The Balaban J connectivity index is 1.35. The van der Waals surface area contributed by atoms with Gasteiger partial charge >= 0.3 is 11.7 Å². The van der Waals surface area contributed by atoms with Gasteiger partial charge in [-0.25, -0.2) is 9.59 Å². The minimum atomic E-state index is -0.966. The molecule has 1 saturated heterocycles. The van der Waals surface area contributed by atoms with E-state index in [1.54, 1.807) is 35.9 Å². The zero-order valence-electron chi connectivity index (χ0n) is 24.2. The highest BCUT2D eigenvalue weighted by Crippen LogP contribution is 2.24. The first-order valence-corrected chi connectivity index (χ1v) is 14.3. The minimum Gasteiger partial charge on any atom is -0.335 e. The normalized spacial score (nSPS) is 21.9. The average Bonchev–Trinajstić information content (AvgIpc) is 2.92. The number of amides is 3. The lowest BCUT2D eigenvalue weighted by Crippen LogP contribution is -2.61. The number of nitrogens with two attached hydrogens (primary N) is 2. The Morgan fingerprint density at radius 3 is 2.35 bits per heavy atom. The van der Waals surface area contributed by atoms with E-state index in [4.69, 9.17) is 11.5 Å². The Morgan fingerprint density at radius 2 is 1.77 bits per heavy atom. The Bertz CT molecular complexity index is 1230. The van der Waals surface area contributed by atoms with Gasteiger partial charge in [0.1, 0.15) is 5.82 Å². The van der Waals surface area contributed by atoms with Gasteiger partial charge in [0.05, 0.1) is 11.2 Å². The van der Waals surface area contributed by atoms with E-state index in [1.165, 1.54) is 10.1 Å². The Hall–Kier alpha value is -3.28. The lowest BCUT2D eigenvalue weighted by Gasteiger charge is -2.42. The van der Waals surface area contributed by atoms with E-state index >= 15 is 0 Å². The molecule has 5 N–H and O–H groups in total. The largest absolute Gasteiger partial charge is 0.354 e. The molecule has 1 atom stereocenters. The topological polar surface area (TPSA) is 143 Å². The fraction of sp³-hybridized carbons (Fsp3) is 0.586. The molecule has 1 aliphatic carbocycles. The van der Waals surface area contributed by atoms with Crippen LogP contribution in [0, 0.1) is 0 Å². The zero-order valence-corrected chi connectivity index (χ0v) is 24.2. The molecule has 1 saturated carbocycles. The van der Waals surface area contributed by atoms with Gasteiger partial charge in [0.25, 0.3) is 0 Å². The van der Waals surface area contributed by atoms with Crippen molar-refractivity contribution in [3.8, 4) is 5.69 Å². The van der Waals surface area contributed by atoms with Crippen molar-refractivity contribution in [3.63, 3.8) is 0 Å². The van der Waals surface area contributed by atoms with Crippen LogP contribution in [0.25, 0.3) is 5.69 Å². The molecule has 4 rings (SSSR count). The van der Waals surface area contributed by atoms with Gasteiger partial charge in [-0.2, -0.15) is 4.98 Å². The predicted molar refractivity (Wildman–Crippen MR) is 156 cm³/mol. The first-order valence-electron chi connectivity index (χ1n) is 14.3. The zero-order chi connectivity index (χ0) is 29.0. The highest BCUT2D eigenvalue weighted by Gasteiger charge is 2.35. The summed E-state index contributed by atoms with van der Waals surface area (Å²) in [6, 6.07) is 9.91. The molecule has 2 aromatic rings. The van der Waals surface area contributed by atoms with Crippen molar-refractivity contribution in [3.05, 3.63) is 52.6 Å². The number of piperazine rings is 1. The van der Waals surface area contributed by atoms with Gasteiger partial charge in [0.15, 0.2) is 0 Å². The van der Waals surface area contributed by atoms with Crippen LogP contribution in [-0.2, 0) is 11.3 Å². The summed E-state index contributed by atoms with van der Waals surface area (Å²) in [5.74, 6) is 0.0402. The maximum atomic E-state index is 12.9. The van der Waals surface area contributed by atoms with Crippen LogP contribution >= 0.6 is 0 Å². The van der Waals surface area contributed by atoms with Gasteiger partial charge < -0.3 is 21.3 Å². The molecule has 0 unspecified atom stereocenters. The molecular formula is C29H44N8O3. The lowest BCUT2D eigenvalue weighted by molar-refractivity contribution is -0.139. The van der Waals surface area contributed by atoms with Crippen LogP contribution in [0.5, 0.6) is 0 Å². The van der Waals surface area contributed by atoms with Crippen molar-refractivity contribution >= 4 is 17.8 Å². The molecule has 0 spiro atoms. The molecule has 1 aromatic carbocycles. The lowest BCUT2D eigenvalue weighted by atomic mass is 9.90. The number of carbonyl (C=O) groups excluding carboxylic acids is 2. The average molecular weight is 553 g/mol. The number of anilines is 1. The van der Waals surface area contributed by atoms with Gasteiger partial charge in [-0.05, 0) is 76.8 Å². The second-order valence-corrected chi connectivity index (χ2v) is 11.7. The minimum absolute atomic E-state index is 0.143. The molecule has 1 aromatic heterocycles. The van der Waals surface area contributed by atoms with Crippen molar-refractivity contribution in [2.24, 2.45) is 11.5 Å². The van der Waals surface area contributed by atoms with Gasteiger partial charge in [-0.3, -0.25) is 19.6 Å². The number of rotatable bonds is 7. The van der Waals surface area contributed by atoms with Crippen molar-refractivity contribution in [1.29, 1.82) is 0 Å². The smallest absolute Gasteiger partial charge is 0.335 e. The van der Waals surface area contributed by atoms with Crippen molar-refractivity contribution in [2.45, 2.75) is 83.6 Å². The summed E-state index contributed by atoms with van der Waals surface area (Å²) < 4.78 is 1.46. The molecule has 2 heterocycles. The van der Waals surface area contributed by atoms with Crippen molar-refractivity contribution in [1.82, 2.24) is 24.3 Å². The molecule has 3 amide bonds. The molecule has 40 heavy (non-hydrogen) atoms. The fourth-order valence-corrected chi connectivity index (χ4v) is 5.63. The molecule has 11 nitrogen and oxygen atoms in total. The van der Waals surface area contributed by atoms with Crippen LogP contribution in [-0.4, -0.2) is 86.0 Å². The van der Waals surface area contributed by atoms with Gasteiger partial charge in [-0.15, -0.1) is 0 Å². The van der Waals surface area contributed by atoms with Gasteiger partial charge in [0.2, 0.25) is 5.91 Å². The Morgan fingerprint density at radius 1 is 1.10 bits per heavy atom. The molecule has 0 radical (unpaired) electrons. The number of carbonyl (C=O) groups is 2. The summed E-state index contributed by atoms with van der Waals surface area (Å²) in [7, 11) is 0. The van der Waals surface area contributed by atoms with Crippen LogP contribution in [0.1, 0.15) is 58.9 Å². The number of aromatic nitrogens is 2. The third kappa shape index (κ3) is 7.07. The molecular weight excluding hydrogens is 508 g/mol. The summed E-state index contributed by atoms with van der Waals surface area (Å²) in [6.45, 7) is 10.4. The third-order valence-electron chi connectivity index (χ3n) is 8.03. The second kappa shape index (κ2) is 12.5. The quantitative estimate of drug-likeness (QED) is 0.477. The van der Waals surface area contributed by atoms with Crippen molar-refractivity contribution in [2.75, 3.05) is 31.5 Å². The summed E-state index contributed by atoms with van der Waals surface area (Å²) in [5.41, 5.74) is 12.5. The highest BCUT2D eigenvalue weighted by atomic mass is 16.2. The fourth-order valence-electron chi connectivity index (χ4n) is 5.63. The van der Waals surface area contributed by atoms with E-state index in [0.717, 1.165) is 38.8 Å². The van der Waals surface area contributed by atoms with Crippen LogP contribution < -0.4 is 22.5 Å². The number of nitrogens with zero attached hydrogens (tertiary/aromatic N) is 5. The number of benzene rings is 1. The molecule has 2 aliphatic rings. The maximum absolute atomic E-state index is 12.9. The predicted octanol–water partition coefficient (Wildman–Crippen LogP) is 2.13. The van der Waals surface area contributed by atoms with Gasteiger partial charge in [0, 0.05) is 50.5 Å². The van der Waals surface area contributed by atoms with Crippen molar-refractivity contribution < 1.29 is 9.59 Å². The molecule has 2 fully saturated rings. The summed E-state index contributed by atoms with van der Waals surface area (Å²) in [5, 5.41) is 2.72. The number of nitrogens with one attached hydrogen (secondary N) is 1. The number of hydrogen-bond acceptors (Lipinski definition) is 7. The standard InChI is InChI=1S/C29H44N8O3/c1-5-34(23-12-8-22(30)9-13-23)19-21-6-10-24(11-7-21)37-15-14-25(33-28(37)40)32-27(39)35-16-17-36(20(2)18-35)26(38)29(3,4)31/h6-7,10-11,14-15,20,22-23H,5,8-9,12-13,16-19,30-31H2,1-4H3,(H,32,33,39,40)/t20-,22-,23-/m1/s1. The summed E-state index contributed by atoms with van der Waals surface area (Å²) in [6.07, 6.45) is 6.05. The van der Waals surface area contributed by atoms with Crippen LogP contribution in [0.15, 0.2) is 41.3 Å². The number of urea groups is 1. The van der Waals surface area contributed by atoms with Crippen LogP contribution in [0.3, 0.4) is 0 Å². The first kappa shape index (κ1) is 29.7. The van der Waals surface area contributed by atoms with Gasteiger partial charge in [-0.1, -0.05) is 19.1 Å². The molecule has 1 aliphatic heterocycles. The second-order valence-electron chi connectivity index (χ2n) is 11.7.